The van der Waals surface area contributed by atoms with Gasteiger partial charge in [0.2, 0.25) is 0 Å². The Kier molecular flexibility index (Phi) is 6.29. The molecule has 0 aliphatic heterocycles. The van der Waals surface area contributed by atoms with Crippen molar-refractivity contribution in [3.63, 3.8) is 0 Å². The first-order chi connectivity index (χ1) is 11.1. The minimum atomic E-state index is -0.686. The number of carbonyl (C=O) groups is 2. The number of hydrogen-bond donors (Lipinski definition) is 2. The molecule has 0 fully saturated rings. The van der Waals surface area contributed by atoms with Gasteiger partial charge in [0.05, 0.1) is 0 Å². The molecular weight excluding hydrogens is 295 g/mol. The zero-order valence-corrected chi connectivity index (χ0v) is 12.7. The summed E-state index contributed by atoms with van der Waals surface area (Å²) in [7, 11) is 0. The fraction of sp³-hybridized carbons (Fsp3) is 0.222. The number of rotatable bonds is 6. The van der Waals surface area contributed by atoms with Crippen molar-refractivity contribution in [2.75, 3.05) is 6.54 Å². The van der Waals surface area contributed by atoms with E-state index in [1.54, 1.807) is 12.1 Å². The Morgan fingerprint density at radius 3 is 2.17 bits per heavy atom. The van der Waals surface area contributed by atoms with Crippen LogP contribution in [0, 0.1) is 5.82 Å². The third-order valence-corrected chi connectivity index (χ3v) is 3.34. The normalized spacial score (nSPS) is 10.1. The zero-order valence-electron chi connectivity index (χ0n) is 12.7. The summed E-state index contributed by atoms with van der Waals surface area (Å²) in [6, 6.07) is 15.7. The highest BCUT2D eigenvalue weighted by Crippen LogP contribution is 2.02. The number of aryl methyl sites for hydroxylation is 1. The van der Waals surface area contributed by atoms with Crippen LogP contribution < -0.4 is 10.6 Å². The van der Waals surface area contributed by atoms with Gasteiger partial charge in [0.15, 0.2) is 0 Å². The number of hydrogen-bond acceptors (Lipinski definition) is 2. The highest BCUT2D eigenvalue weighted by atomic mass is 19.1. The highest BCUT2D eigenvalue weighted by Gasteiger charge is 2.11. The first kappa shape index (κ1) is 16.7. The lowest BCUT2D eigenvalue weighted by atomic mass is 10.1. The molecule has 2 aromatic carbocycles. The molecule has 0 atom stereocenters. The molecule has 0 aliphatic carbocycles. The van der Waals surface area contributed by atoms with E-state index in [0.29, 0.717) is 6.54 Å². The molecule has 0 radical (unpaired) electrons. The first-order valence-corrected chi connectivity index (χ1v) is 7.49. The fourth-order valence-electron chi connectivity index (χ4n) is 2.08. The van der Waals surface area contributed by atoms with E-state index in [9.17, 15) is 14.0 Å². The van der Waals surface area contributed by atoms with E-state index in [2.05, 4.69) is 10.6 Å². The van der Waals surface area contributed by atoms with E-state index >= 15 is 0 Å². The summed E-state index contributed by atoms with van der Waals surface area (Å²) in [6.45, 7) is 0.633. The molecule has 5 heteroatoms. The quantitative estimate of drug-likeness (QED) is 0.634. The van der Waals surface area contributed by atoms with Gasteiger partial charge in [-0.1, -0.05) is 42.5 Å². The number of benzene rings is 2. The average Bonchev–Trinajstić information content (AvgIpc) is 2.58. The SMILES string of the molecule is O=C(NCCCc1ccccc1)C(=O)NCc1ccc(F)cc1. The Labute approximate surface area is 134 Å². The van der Waals surface area contributed by atoms with E-state index in [0.717, 1.165) is 18.4 Å². The minimum Gasteiger partial charge on any atom is -0.348 e. The Hall–Kier alpha value is -2.69. The topological polar surface area (TPSA) is 58.2 Å². The van der Waals surface area contributed by atoms with Crippen molar-refractivity contribution in [2.24, 2.45) is 0 Å². The molecule has 0 spiro atoms. The summed E-state index contributed by atoms with van der Waals surface area (Å²) in [5.74, 6) is -1.68. The number of nitrogens with one attached hydrogen (secondary N) is 2. The first-order valence-electron chi connectivity index (χ1n) is 7.49. The molecule has 4 nitrogen and oxygen atoms in total. The van der Waals surface area contributed by atoms with Crippen LogP contribution in [0.4, 0.5) is 4.39 Å². The van der Waals surface area contributed by atoms with Crippen LogP contribution in [0.15, 0.2) is 54.6 Å². The molecule has 23 heavy (non-hydrogen) atoms. The van der Waals surface area contributed by atoms with Gasteiger partial charge in [-0.3, -0.25) is 9.59 Å². The third-order valence-electron chi connectivity index (χ3n) is 3.34. The maximum absolute atomic E-state index is 12.8. The van der Waals surface area contributed by atoms with Crippen LogP contribution >= 0.6 is 0 Å². The molecule has 0 bridgehead atoms. The Morgan fingerprint density at radius 2 is 1.48 bits per heavy atom. The molecule has 2 aromatic rings. The number of carbonyl (C=O) groups excluding carboxylic acids is 2. The van der Waals surface area contributed by atoms with Gasteiger partial charge in [-0.05, 0) is 36.1 Å². The maximum atomic E-state index is 12.8. The fourth-order valence-corrected chi connectivity index (χ4v) is 2.08. The molecule has 0 saturated heterocycles. The molecule has 120 valence electrons. The second-order valence-electron chi connectivity index (χ2n) is 5.15. The molecule has 2 N–H and O–H groups in total. The van der Waals surface area contributed by atoms with Gasteiger partial charge in [-0.2, -0.15) is 0 Å². The van der Waals surface area contributed by atoms with E-state index in [1.807, 2.05) is 30.3 Å². The summed E-state index contributed by atoms with van der Waals surface area (Å²) in [5, 5.41) is 5.09. The second kappa shape index (κ2) is 8.68. The van der Waals surface area contributed by atoms with Crippen molar-refractivity contribution in [1.29, 1.82) is 0 Å². The summed E-state index contributed by atoms with van der Waals surface area (Å²) in [6.07, 6.45) is 1.61. The van der Waals surface area contributed by atoms with Crippen LogP contribution in [-0.4, -0.2) is 18.4 Å². The van der Waals surface area contributed by atoms with Crippen molar-refractivity contribution < 1.29 is 14.0 Å². The third kappa shape index (κ3) is 5.90. The van der Waals surface area contributed by atoms with Crippen molar-refractivity contribution in [3.8, 4) is 0 Å². The standard InChI is InChI=1S/C18H19FN2O2/c19-16-10-8-15(9-11-16)13-21-18(23)17(22)20-12-4-7-14-5-2-1-3-6-14/h1-3,5-6,8-11H,4,7,12-13H2,(H,20,22)(H,21,23). The molecule has 0 unspecified atom stereocenters. The average molecular weight is 314 g/mol. The second-order valence-corrected chi connectivity index (χ2v) is 5.15. The van der Waals surface area contributed by atoms with Gasteiger partial charge in [0.25, 0.3) is 0 Å². The number of amides is 2. The molecule has 0 heterocycles. The molecule has 0 aromatic heterocycles. The van der Waals surface area contributed by atoms with Gasteiger partial charge in [-0.25, -0.2) is 4.39 Å². The predicted octanol–water partition coefficient (Wildman–Crippen LogP) is 2.19. The Morgan fingerprint density at radius 1 is 0.826 bits per heavy atom. The van der Waals surface area contributed by atoms with E-state index in [1.165, 1.54) is 17.7 Å². The number of halogens is 1. The van der Waals surface area contributed by atoms with E-state index in [4.69, 9.17) is 0 Å². The smallest absolute Gasteiger partial charge is 0.309 e. The van der Waals surface area contributed by atoms with Crippen LogP contribution in [0.25, 0.3) is 0 Å². The van der Waals surface area contributed by atoms with E-state index < -0.39 is 11.8 Å². The van der Waals surface area contributed by atoms with Gasteiger partial charge in [0.1, 0.15) is 5.82 Å². The van der Waals surface area contributed by atoms with Crippen molar-refractivity contribution in [3.05, 3.63) is 71.5 Å². The summed E-state index contributed by atoms with van der Waals surface area (Å²) >= 11 is 0. The predicted molar refractivity (Wildman–Crippen MR) is 86.0 cm³/mol. The van der Waals surface area contributed by atoms with Gasteiger partial charge < -0.3 is 10.6 Å². The van der Waals surface area contributed by atoms with Gasteiger partial charge in [0, 0.05) is 13.1 Å². The summed E-state index contributed by atoms with van der Waals surface area (Å²) < 4.78 is 12.8. The Balaban J connectivity index is 1.64. The molecule has 0 saturated carbocycles. The van der Waals surface area contributed by atoms with Crippen molar-refractivity contribution in [2.45, 2.75) is 19.4 Å². The summed E-state index contributed by atoms with van der Waals surface area (Å²) in [4.78, 5) is 23.3. The molecule has 2 rings (SSSR count). The highest BCUT2D eigenvalue weighted by molar-refractivity contribution is 6.35. The van der Waals surface area contributed by atoms with Crippen LogP contribution in [0.3, 0.4) is 0 Å². The zero-order chi connectivity index (χ0) is 16.5. The minimum absolute atomic E-state index is 0.191. The largest absolute Gasteiger partial charge is 0.348 e. The monoisotopic (exact) mass is 314 g/mol. The van der Waals surface area contributed by atoms with Crippen LogP contribution in [0.1, 0.15) is 17.5 Å². The van der Waals surface area contributed by atoms with Gasteiger partial charge >= 0.3 is 11.8 Å². The lowest BCUT2D eigenvalue weighted by molar-refractivity contribution is -0.139. The maximum Gasteiger partial charge on any atom is 0.309 e. The lowest BCUT2D eigenvalue weighted by Gasteiger charge is -2.07. The molecule has 0 aliphatic rings. The van der Waals surface area contributed by atoms with E-state index in [-0.39, 0.29) is 12.4 Å². The molecule has 2 amide bonds. The lowest BCUT2D eigenvalue weighted by Crippen LogP contribution is -2.40. The van der Waals surface area contributed by atoms with Crippen LogP contribution in [-0.2, 0) is 22.6 Å². The van der Waals surface area contributed by atoms with Gasteiger partial charge in [-0.15, -0.1) is 0 Å². The van der Waals surface area contributed by atoms with Crippen LogP contribution in [0.2, 0.25) is 0 Å². The Bertz CT molecular complexity index is 642. The summed E-state index contributed by atoms with van der Waals surface area (Å²) in [5.41, 5.74) is 1.93. The van der Waals surface area contributed by atoms with Crippen molar-refractivity contribution in [1.82, 2.24) is 10.6 Å². The van der Waals surface area contributed by atoms with Crippen molar-refractivity contribution >= 4 is 11.8 Å². The van der Waals surface area contributed by atoms with Crippen LogP contribution in [0.5, 0.6) is 0 Å². The molecular formula is C18H19FN2O2.